The fraction of sp³-hybridized carbons (Fsp3) is 0.118. The molecule has 0 bridgehead atoms. The Morgan fingerprint density at radius 2 is 1.83 bits per heavy atom. The molecule has 2 aromatic carbocycles. The van der Waals surface area contributed by atoms with Gasteiger partial charge in [-0.3, -0.25) is 9.32 Å². The topological polar surface area (TPSA) is 77.1 Å². The van der Waals surface area contributed by atoms with Crippen LogP contribution in [0.2, 0.25) is 0 Å². The van der Waals surface area contributed by atoms with Crippen LogP contribution in [-0.2, 0) is 17.9 Å². The summed E-state index contributed by atoms with van der Waals surface area (Å²) in [6, 6.07) is 15.1. The smallest absolute Gasteiger partial charge is 0.350 e. The van der Waals surface area contributed by atoms with Gasteiger partial charge in [0, 0.05) is 17.7 Å². The van der Waals surface area contributed by atoms with Gasteiger partial charge in [0.15, 0.2) is 5.82 Å². The van der Waals surface area contributed by atoms with Gasteiger partial charge in [0.25, 0.3) is 0 Å². The maximum Gasteiger partial charge on any atom is 0.442 e. The Bertz CT molecular complexity index is 903. The molecule has 7 heteroatoms. The zero-order valence-electron chi connectivity index (χ0n) is 12.6. The number of amides is 1. The van der Waals surface area contributed by atoms with Crippen molar-refractivity contribution < 1.29 is 13.7 Å². The van der Waals surface area contributed by atoms with Gasteiger partial charge >= 0.3 is 5.76 Å². The summed E-state index contributed by atoms with van der Waals surface area (Å²) >= 11 is 0. The van der Waals surface area contributed by atoms with Crippen molar-refractivity contribution in [3.8, 4) is 11.4 Å². The van der Waals surface area contributed by atoms with Gasteiger partial charge in [0.2, 0.25) is 5.91 Å². The minimum Gasteiger partial charge on any atom is -0.350 e. The number of rotatable bonds is 5. The average molecular weight is 327 g/mol. The number of hydrogen-bond donors (Lipinski definition) is 1. The number of nitrogens with one attached hydrogen (secondary N) is 1. The van der Waals surface area contributed by atoms with Crippen molar-refractivity contribution in [2.24, 2.45) is 0 Å². The van der Waals surface area contributed by atoms with Gasteiger partial charge in [0.1, 0.15) is 12.4 Å². The van der Waals surface area contributed by atoms with Gasteiger partial charge in [-0.15, -0.1) is 0 Å². The number of carbonyl (C=O) groups is 1. The van der Waals surface area contributed by atoms with E-state index in [0.29, 0.717) is 11.1 Å². The lowest BCUT2D eigenvalue weighted by molar-refractivity contribution is -0.121. The van der Waals surface area contributed by atoms with Crippen LogP contribution in [0.1, 0.15) is 5.56 Å². The zero-order valence-corrected chi connectivity index (χ0v) is 12.6. The van der Waals surface area contributed by atoms with Crippen molar-refractivity contribution in [3.63, 3.8) is 0 Å². The predicted octanol–water partition coefficient (Wildman–Crippen LogP) is 1.96. The minimum absolute atomic E-state index is 0.0339. The van der Waals surface area contributed by atoms with Crippen molar-refractivity contribution >= 4 is 5.91 Å². The zero-order chi connectivity index (χ0) is 16.9. The molecule has 0 saturated heterocycles. The van der Waals surface area contributed by atoms with Crippen LogP contribution >= 0.6 is 0 Å². The fourth-order valence-corrected chi connectivity index (χ4v) is 2.24. The van der Waals surface area contributed by atoms with E-state index in [1.54, 1.807) is 42.5 Å². The maximum atomic E-state index is 13.5. The first-order valence-electron chi connectivity index (χ1n) is 7.27. The molecule has 0 atom stereocenters. The van der Waals surface area contributed by atoms with Crippen LogP contribution in [0.25, 0.3) is 11.4 Å². The third kappa shape index (κ3) is 3.40. The number of hydrogen-bond acceptors (Lipinski definition) is 4. The fourth-order valence-electron chi connectivity index (χ4n) is 2.24. The van der Waals surface area contributed by atoms with Crippen LogP contribution in [0, 0.1) is 5.82 Å². The van der Waals surface area contributed by atoms with Crippen molar-refractivity contribution in [2.75, 3.05) is 0 Å². The second kappa shape index (κ2) is 6.91. The molecule has 24 heavy (non-hydrogen) atoms. The second-order valence-corrected chi connectivity index (χ2v) is 5.09. The van der Waals surface area contributed by atoms with Gasteiger partial charge in [-0.2, -0.15) is 0 Å². The second-order valence-electron chi connectivity index (χ2n) is 5.09. The van der Waals surface area contributed by atoms with Gasteiger partial charge in [-0.05, 0) is 6.07 Å². The van der Waals surface area contributed by atoms with Crippen LogP contribution in [-0.4, -0.2) is 15.6 Å². The first-order valence-corrected chi connectivity index (χ1v) is 7.27. The largest absolute Gasteiger partial charge is 0.442 e. The highest BCUT2D eigenvalue weighted by Crippen LogP contribution is 2.14. The van der Waals surface area contributed by atoms with Crippen LogP contribution in [0.15, 0.2) is 63.9 Å². The molecular formula is C17H14FN3O3. The minimum atomic E-state index is -0.727. The molecule has 0 spiro atoms. The number of benzene rings is 2. The molecule has 0 aliphatic rings. The molecule has 0 radical (unpaired) electrons. The van der Waals surface area contributed by atoms with Gasteiger partial charge in [-0.25, -0.2) is 13.8 Å². The first kappa shape index (κ1) is 15.7. The lowest BCUT2D eigenvalue weighted by Crippen LogP contribution is -2.31. The Kier molecular flexibility index (Phi) is 4.51. The summed E-state index contributed by atoms with van der Waals surface area (Å²) in [6.45, 7) is -0.229. The van der Waals surface area contributed by atoms with Crippen molar-refractivity contribution in [3.05, 3.63) is 76.5 Å². The Morgan fingerprint density at radius 1 is 1.12 bits per heavy atom. The van der Waals surface area contributed by atoms with Gasteiger partial charge in [0.05, 0.1) is 0 Å². The third-order valence-corrected chi connectivity index (χ3v) is 3.45. The van der Waals surface area contributed by atoms with E-state index >= 15 is 0 Å². The van der Waals surface area contributed by atoms with E-state index in [1.165, 1.54) is 6.07 Å². The van der Waals surface area contributed by atoms with E-state index in [0.717, 1.165) is 4.57 Å². The van der Waals surface area contributed by atoms with E-state index in [1.807, 2.05) is 6.07 Å². The Balaban J connectivity index is 1.72. The van der Waals surface area contributed by atoms with Crippen molar-refractivity contribution in [2.45, 2.75) is 13.1 Å². The molecule has 0 aliphatic carbocycles. The van der Waals surface area contributed by atoms with Crippen molar-refractivity contribution in [1.29, 1.82) is 0 Å². The number of aromatic nitrogens is 2. The number of nitrogens with zero attached hydrogens (tertiary/aromatic N) is 2. The molecule has 0 fully saturated rings. The van der Waals surface area contributed by atoms with E-state index in [9.17, 15) is 14.0 Å². The Labute approximate surface area is 136 Å². The van der Waals surface area contributed by atoms with Crippen LogP contribution in [0.5, 0.6) is 0 Å². The summed E-state index contributed by atoms with van der Waals surface area (Å²) < 4.78 is 19.3. The molecule has 122 valence electrons. The third-order valence-electron chi connectivity index (χ3n) is 3.45. The van der Waals surface area contributed by atoms with Crippen molar-refractivity contribution in [1.82, 2.24) is 15.0 Å². The molecule has 3 aromatic rings. The summed E-state index contributed by atoms with van der Waals surface area (Å²) in [5.74, 6) is -1.30. The molecule has 6 nitrogen and oxygen atoms in total. The van der Waals surface area contributed by atoms with Crippen LogP contribution in [0.3, 0.4) is 0 Å². The highest BCUT2D eigenvalue weighted by molar-refractivity contribution is 5.76. The van der Waals surface area contributed by atoms with Crippen LogP contribution in [0.4, 0.5) is 4.39 Å². The molecule has 0 unspecified atom stereocenters. The van der Waals surface area contributed by atoms with E-state index in [2.05, 4.69) is 15.0 Å². The van der Waals surface area contributed by atoms with E-state index in [4.69, 9.17) is 0 Å². The Morgan fingerprint density at radius 3 is 2.58 bits per heavy atom. The van der Waals surface area contributed by atoms with Gasteiger partial charge in [-0.1, -0.05) is 53.7 Å². The SMILES string of the molecule is O=C(Cn1c(-c2ccccc2)noc1=O)NCc1ccccc1F. The number of carbonyl (C=O) groups excluding carboxylic acids is 1. The molecule has 1 N–H and O–H groups in total. The molecular weight excluding hydrogens is 313 g/mol. The molecule has 0 saturated carbocycles. The Hall–Kier alpha value is -3.22. The predicted molar refractivity (Wildman–Crippen MR) is 84.4 cm³/mol. The first-order chi connectivity index (χ1) is 11.6. The molecule has 0 aliphatic heterocycles. The van der Waals surface area contributed by atoms with Crippen LogP contribution < -0.4 is 11.1 Å². The lowest BCUT2D eigenvalue weighted by Gasteiger charge is -2.07. The summed E-state index contributed by atoms with van der Waals surface area (Å²) in [5, 5.41) is 6.28. The number of halogens is 1. The summed E-state index contributed by atoms with van der Waals surface area (Å²) in [6.07, 6.45) is 0. The summed E-state index contributed by atoms with van der Waals surface area (Å²) in [7, 11) is 0. The van der Waals surface area contributed by atoms with Gasteiger partial charge < -0.3 is 5.32 Å². The highest BCUT2D eigenvalue weighted by atomic mass is 19.1. The van der Waals surface area contributed by atoms with E-state index in [-0.39, 0.29) is 18.9 Å². The van der Waals surface area contributed by atoms with E-state index < -0.39 is 17.5 Å². The summed E-state index contributed by atoms with van der Waals surface area (Å²) in [4.78, 5) is 23.8. The molecule has 1 heterocycles. The average Bonchev–Trinajstić information content (AvgIpc) is 2.96. The standard InChI is InChI=1S/C17H14FN3O3/c18-14-9-5-4-8-13(14)10-19-15(22)11-21-16(20-24-17(21)23)12-6-2-1-3-7-12/h1-9H,10-11H2,(H,19,22). The molecule has 1 aromatic heterocycles. The molecule has 1 amide bonds. The summed E-state index contributed by atoms with van der Waals surface area (Å²) in [5.41, 5.74) is 1.03. The quantitative estimate of drug-likeness (QED) is 0.777. The maximum absolute atomic E-state index is 13.5. The lowest BCUT2D eigenvalue weighted by atomic mass is 10.2. The normalized spacial score (nSPS) is 10.5. The monoisotopic (exact) mass is 327 g/mol. The highest BCUT2D eigenvalue weighted by Gasteiger charge is 2.15. The molecule has 3 rings (SSSR count).